The first-order valence-corrected chi connectivity index (χ1v) is 5.16. The third-order valence-electron chi connectivity index (χ3n) is 1.89. The first-order chi connectivity index (χ1) is 6.84. The number of anilines is 1. The number of para-hydroxylation sites is 1. The van der Waals surface area contributed by atoms with E-state index in [1.807, 2.05) is 36.4 Å². The number of hydrogen-bond donors (Lipinski definition) is 1. The SMILES string of the molecule is Brc1cc(CNc2ccccc2)co1. The van der Waals surface area contributed by atoms with Gasteiger partial charge in [-0.2, -0.15) is 0 Å². The van der Waals surface area contributed by atoms with Crippen molar-refractivity contribution in [2.75, 3.05) is 5.32 Å². The van der Waals surface area contributed by atoms with E-state index in [-0.39, 0.29) is 0 Å². The Bertz CT molecular complexity index is 397. The predicted molar refractivity (Wildman–Crippen MR) is 60.2 cm³/mol. The van der Waals surface area contributed by atoms with Crippen molar-refractivity contribution in [3.05, 3.63) is 52.9 Å². The van der Waals surface area contributed by atoms with Crippen LogP contribution in [0.2, 0.25) is 0 Å². The van der Waals surface area contributed by atoms with Crippen molar-refractivity contribution in [3.63, 3.8) is 0 Å². The fraction of sp³-hybridized carbons (Fsp3) is 0.0909. The van der Waals surface area contributed by atoms with E-state index >= 15 is 0 Å². The van der Waals surface area contributed by atoms with Gasteiger partial charge in [0.2, 0.25) is 0 Å². The van der Waals surface area contributed by atoms with Crippen molar-refractivity contribution in [2.45, 2.75) is 6.54 Å². The van der Waals surface area contributed by atoms with Crippen LogP contribution < -0.4 is 5.32 Å². The van der Waals surface area contributed by atoms with Crippen molar-refractivity contribution in [2.24, 2.45) is 0 Å². The lowest BCUT2D eigenvalue weighted by Crippen LogP contribution is -1.97. The maximum atomic E-state index is 5.13. The predicted octanol–water partition coefficient (Wildman–Crippen LogP) is 3.65. The first kappa shape index (κ1) is 9.34. The molecule has 0 unspecified atom stereocenters. The maximum absolute atomic E-state index is 5.13. The molecule has 1 heterocycles. The minimum atomic E-state index is 0.766. The zero-order chi connectivity index (χ0) is 9.80. The number of hydrogen-bond acceptors (Lipinski definition) is 2. The van der Waals surface area contributed by atoms with Crippen LogP contribution >= 0.6 is 15.9 Å². The summed E-state index contributed by atoms with van der Waals surface area (Å²) in [6.07, 6.45) is 1.74. The molecule has 2 nitrogen and oxygen atoms in total. The Kier molecular flexibility index (Phi) is 2.89. The second-order valence-corrected chi connectivity index (χ2v) is 3.76. The van der Waals surface area contributed by atoms with Gasteiger partial charge in [0.1, 0.15) is 0 Å². The van der Waals surface area contributed by atoms with E-state index in [0.29, 0.717) is 0 Å². The summed E-state index contributed by atoms with van der Waals surface area (Å²) in [6, 6.07) is 12.0. The molecule has 0 fully saturated rings. The van der Waals surface area contributed by atoms with Crippen LogP contribution in [0.15, 0.2) is 51.7 Å². The number of nitrogens with one attached hydrogen (secondary N) is 1. The van der Waals surface area contributed by atoms with Crippen LogP contribution in [0.4, 0.5) is 5.69 Å². The largest absolute Gasteiger partial charge is 0.457 e. The standard InChI is InChI=1S/C11H10BrNO/c12-11-6-9(8-14-11)7-13-10-4-2-1-3-5-10/h1-6,8,13H,7H2. The van der Waals surface area contributed by atoms with E-state index in [0.717, 1.165) is 22.5 Å². The topological polar surface area (TPSA) is 25.2 Å². The molecular weight excluding hydrogens is 242 g/mol. The normalized spacial score (nSPS) is 10.1. The quantitative estimate of drug-likeness (QED) is 0.901. The van der Waals surface area contributed by atoms with Crippen molar-refractivity contribution in [1.29, 1.82) is 0 Å². The molecule has 1 aromatic heterocycles. The molecule has 0 atom stereocenters. The van der Waals surface area contributed by atoms with Gasteiger partial charge in [0.25, 0.3) is 0 Å². The molecule has 14 heavy (non-hydrogen) atoms. The number of halogens is 1. The lowest BCUT2D eigenvalue weighted by molar-refractivity contribution is 0.539. The molecule has 3 heteroatoms. The van der Waals surface area contributed by atoms with E-state index < -0.39 is 0 Å². The Morgan fingerprint density at radius 2 is 2.00 bits per heavy atom. The summed E-state index contributed by atoms with van der Waals surface area (Å²) in [5.74, 6) is 0. The molecule has 72 valence electrons. The molecule has 0 aliphatic carbocycles. The van der Waals surface area contributed by atoms with Gasteiger partial charge in [-0.3, -0.25) is 0 Å². The van der Waals surface area contributed by atoms with Gasteiger partial charge in [-0.1, -0.05) is 18.2 Å². The van der Waals surface area contributed by atoms with Gasteiger partial charge in [0, 0.05) is 17.8 Å². The fourth-order valence-corrected chi connectivity index (χ4v) is 1.59. The Morgan fingerprint density at radius 1 is 1.21 bits per heavy atom. The van der Waals surface area contributed by atoms with E-state index in [1.165, 1.54) is 0 Å². The zero-order valence-corrected chi connectivity index (χ0v) is 9.12. The van der Waals surface area contributed by atoms with Crippen molar-refractivity contribution in [3.8, 4) is 0 Å². The number of furan rings is 1. The molecule has 2 rings (SSSR count). The summed E-state index contributed by atoms with van der Waals surface area (Å²) in [5.41, 5.74) is 2.24. The minimum Gasteiger partial charge on any atom is -0.457 e. The maximum Gasteiger partial charge on any atom is 0.169 e. The first-order valence-electron chi connectivity index (χ1n) is 4.36. The summed E-state index contributed by atoms with van der Waals surface area (Å²) < 4.78 is 5.90. The molecule has 1 N–H and O–H groups in total. The minimum absolute atomic E-state index is 0.766. The zero-order valence-electron chi connectivity index (χ0n) is 7.53. The van der Waals surface area contributed by atoms with Gasteiger partial charge < -0.3 is 9.73 Å². The Hall–Kier alpha value is -1.22. The van der Waals surface area contributed by atoms with Crippen molar-refractivity contribution < 1.29 is 4.42 Å². The highest BCUT2D eigenvalue weighted by Crippen LogP contribution is 2.15. The summed E-state index contributed by atoms with van der Waals surface area (Å²) in [6.45, 7) is 0.777. The Morgan fingerprint density at radius 3 is 2.64 bits per heavy atom. The van der Waals surface area contributed by atoms with Crippen LogP contribution in [0, 0.1) is 0 Å². The highest BCUT2D eigenvalue weighted by Gasteiger charge is 1.97. The van der Waals surface area contributed by atoms with E-state index in [9.17, 15) is 0 Å². The second-order valence-electron chi connectivity index (χ2n) is 2.98. The van der Waals surface area contributed by atoms with Crippen LogP contribution in [0.1, 0.15) is 5.56 Å². The van der Waals surface area contributed by atoms with Gasteiger partial charge in [0.05, 0.1) is 6.26 Å². The molecule has 0 saturated carbocycles. The van der Waals surface area contributed by atoms with Crippen molar-refractivity contribution >= 4 is 21.6 Å². The Labute approximate surface area is 91.1 Å². The van der Waals surface area contributed by atoms with Gasteiger partial charge in [-0.25, -0.2) is 0 Å². The van der Waals surface area contributed by atoms with Crippen LogP contribution in [0.25, 0.3) is 0 Å². The molecule has 0 bridgehead atoms. The van der Waals surface area contributed by atoms with Crippen LogP contribution in [-0.2, 0) is 6.54 Å². The van der Waals surface area contributed by atoms with E-state index in [2.05, 4.69) is 21.2 Å². The second kappa shape index (κ2) is 4.33. The van der Waals surface area contributed by atoms with Crippen LogP contribution in [0.5, 0.6) is 0 Å². The molecule has 0 radical (unpaired) electrons. The smallest absolute Gasteiger partial charge is 0.169 e. The molecule has 0 aliphatic rings. The molecule has 0 aliphatic heterocycles. The van der Waals surface area contributed by atoms with Crippen LogP contribution in [0.3, 0.4) is 0 Å². The average molecular weight is 252 g/mol. The molecular formula is C11H10BrNO. The van der Waals surface area contributed by atoms with Gasteiger partial charge in [-0.15, -0.1) is 0 Å². The third-order valence-corrected chi connectivity index (χ3v) is 2.31. The summed E-state index contributed by atoms with van der Waals surface area (Å²) in [4.78, 5) is 0. The Balaban J connectivity index is 1.95. The summed E-state index contributed by atoms with van der Waals surface area (Å²) in [5, 5.41) is 3.29. The highest BCUT2D eigenvalue weighted by molar-refractivity contribution is 9.10. The molecule has 0 amide bonds. The average Bonchev–Trinajstić information content (AvgIpc) is 2.63. The molecule has 0 spiro atoms. The van der Waals surface area contributed by atoms with Gasteiger partial charge >= 0.3 is 0 Å². The fourth-order valence-electron chi connectivity index (χ4n) is 1.20. The van der Waals surface area contributed by atoms with Gasteiger partial charge in [0.15, 0.2) is 4.67 Å². The summed E-state index contributed by atoms with van der Waals surface area (Å²) in [7, 11) is 0. The van der Waals surface area contributed by atoms with Crippen LogP contribution in [-0.4, -0.2) is 0 Å². The monoisotopic (exact) mass is 251 g/mol. The molecule has 1 aromatic carbocycles. The highest BCUT2D eigenvalue weighted by atomic mass is 79.9. The van der Waals surface area contributed by atoms with E-state index in [1.54, 1.807) is 6.26 Å². The summed E-state index contributed by atoms with van der Waals surface area (Å²) >= 11 is 3.26. The number of rotatable bonds is 3. The molecule has 0 saturated heterocycles. The van der Waals surface area contributed by atoms with E-state index in [4.69, 9.17) is 4.42 Å². The van der Waals surface area contributed by atoms with Crippen molar-refractivity contribution in [1.82, 2.24) is 0 Å². The molecule has 2 aromatic rings. The lowest BCUT2D eigenvalue weighted by Gasteiger charge is -2.02. The van der Waals surface area contributed by atoms with Gasteiger partial charge in [-0.05, 0) is 34.1 Å². The number of benzene rings is 1. The lowest BCUT2D eigenvalue weighted by atomic mass is 10.3. The third kappa shape index (κ3) is 2.39.